The fraction of sp³-hybridized carbons (Fsp3) is 0.900. The van der Waals surface area contributed by atoms with Gasteiger partial charge >= 0.3 is 6.09 Å². The summed E-state index contributed by atoms with van der Waals surface area (Å²) in [7, 11) is -1.15. The van der Waals surface area contributed by atoms with Gasteiger partial charge in [0.05, 0.1) is 18.8 Å². The third-order valence-electron chi connectivity index (χ3n) is 2.68. The zero-order valence-corrected chi connectivity index (χ0v) is 11.3. The van der Waals surface area contributed by atoms with E-state index < -0.39 is 19.7 Å². The van der Waals surface area contributed by atoms with Crippen LogP contribution in [0.15, 0.2) is 0 Å². The molecule has 1 amide bonds. The third kappa shape index (κ3) is 4.11. The number of carbonyl (C=O) groups is 1. The van der Waals surface area contributed by atoms with Crippen LogP contribution in [-0.2, 0) is 4.74 Å². The molecule has 94 valence electrons. The average Bonchev–Trinajstić information content (AvgIpc) is 2.09. The Morgan fingerprint density at radius 2 is 2.12 bits per heavy atom. The molecule has 1 fully saturated rings. The molecule has 1 heterocycles. The number of rotatable bonds is 5. The fourth-order valence-corrected chi connectivity index (χ4v) is 2.08. The Morgan fingerprint density at radius 3 is 2.50 bits per heavy atom. The number of hydrogen-bond acceptors (Lipinski definition) is 4. The van der Waals surface area contributed by atoms with Crippen molar-refractivity contribution < 1.29 is 14.6 Å². The van der Waals surface area contributed by atoms with Crippen molar-refractivity contribution >= 4 is 14.2 Å². The Morgan fingerprint density at radius 1 is 1.50 bits per heavy atom. The molecule has 6 heteroatoms. The minimum Gasteiger partial charge on any atom is -0.450 e. The van der Waals surface area contributed by atoms with Crippen LogP contribution in [0.1, 0.15) is 0 Å². The topological polar surface area (TPSA) is 70.6 Å². The molecule has 0 radical (unpaired) electrons. The molecule has 5 nitrogen and oxygen atoms in total. The maximum atomic E-state index is 11.4. The highest BCUT2D eigenvalue weighted by Crippen LogP contribution is 2.11. The summed E-state index contributed by atoms with van der Waals surface area (Å²) in [4.78, 5) is 11.4. The van der Waals surface area contributed by atoms with E-state index in [2.05, 4.69) is 30.3 Å². The highest BCUT2D eigenvalue weighted by Gasteiger charge is 2.38. The van der Waals surface area contributed by atoms with Gasteiger partial charge in [-0.15, -0.1) is 0 Å². The SMILES string of the molecule is C[Si](C)(C)CCOC(=O)NC1(CO)CNC1. The number of ether oxygens (including phenoxy) is 1. The third-order valence-corrected chi connectivity index (χ3v) is 4.39. The number of aliphatic hydroxyl groups is 1. The van der Waals surface area contributed by atoms with Gasteiger partial charge in [0.1, 0.15) is 0 Å². The summed E-state index contributed by atoms with van der Waals surface area (Å²) in [6.45, 7) is 8.33. The molecular formula is C10H22N2O3Si. The highest BCUT2D eigenvalue weighted by atomic mass is 28.3. The summed E-state index contributed by atoms with van der Waals surface area (Å²) >= 11 is 0. The Bertz CT molecular complexity index is 243. The van der Waals surface area contributed by atoms with Crippen molar-refractivity contribution in [1.29, 1.82) is 0 Å². The fourth-order valence-electron chi connectivity index (χ4n) is 1.37. The molecule has 0 aromatic carbocycles. The van der Waals surface area contributed by atoms with Gasteiger partial charge < -0.3 is 20.5 Å². The second-order valence-corrected chi connectivity index (χ2v) is 11.2. The van der Waals surface area contributed by atoms with Crippen LogP contribution in [0.3, 0.4) is 0 Å². The Labute approximate surface area is 97.6 Å². The van der Waals surface area contributed by atoms with Crippen molar-refractivity contribution in [2.75, 3.05) is 26.3 Å². The predicted molar refractivity (Wildman–Crippen MR) is 65.3 cm³/mol. The van der Waals surface area contributed by atoms with E-state index in [9.17, 15) is 4.79 Å². The number of carbonyl (C=O) groups excluding carboxylic acids is 1. The second-order valence-electron chi connectivity index (χ2n) is 5.61. The highest BCUT2D eigenvalue weighted by molar-refractivity contribution is 6.76. The monoisotopic (exact) mass is 246 g/mol. The van der Waals surface area contributed by atoms with Crippen LogP contribution in [-0.4, -0.2) is 51.1 Å². The smallest absolute Gasteiger partial charge is 0.407 e. The van der Waals surface area contributed by atoms with Crippen molar-refractivity contribution in [2.24, 2.45) is 0 Å². The molecule has 16 heavy (non-hydrogen) atoms. The number of nitrogens with one attached hydrogen (secondary N) is 2. The first-order valence-electron chi connectivity index (χ1n) is 5.63. The van der Waals surface area contributed by atoms with Crippen molar-refractivity contribution in [3.05, 3.63) is 0 Å². The van der Waals surface area contributed by atoms with Crippen LogP contribution in [0, 0.1) is 0 Å². The minimum atomic E-state index is -1.15. The van der Waals surface area contributed by atoms with Gasteiger partial charge in [-0.3, -0.25) is 0 Å². The molecule has 1 aliphatic heterocycles. The van der Waals surface area contributed by atoms with Crippen LogP contribution < -0.4 is 10.6 Å². The standard InChI is InChI=1S/C10H22N2O3Si/c1-16(2,3)5-4-15-9(14)12-10(8-13)6-11-7-10/h11,13H,4-8H2,1-3H3,(H,12,14). The zero-order chi connectivity index (χ0) is 12.2. The normalized spacial score (nSPS) is 18.8. The lowest BCUT2D eigenvalue weighted by Crippen LogP contribution is -2.71. The van der Waals surface area contributed by atoms with E-state index in [4.69, 9.17) is 9.84 Å². The largest absolute Gasteiger partial charge is 0.450 e. The predicted octanol–water partition coefficient (Wildman–Crippen LogP) is 0.385. The van der Waals surface area contributed by atoms with Crippen molar-refractivity contribution in [2.45, 2.75) is 31.2 Å². The van der Waals surface area contributed by atoms with Crippen molar-refractivity contribution in [1.82, 2.24) is 10.6 Å². The summed E-state index contributed by atoms with van der Waals surface area (Å²) in [5, 5.41) is 14.9. The molecule has 0 spiro atoms. The van der Waals surface area contributed by atoms with E-state index >= 15 is 0 Å². The summed E-state index contributed by atoms with van der Waals surface area (Å²) in [6, 6.07) is 0.963. The molecular weight excluding hydrogens is 224 g/mol. The maximum Gasteiger partial charge on any atom is 0.407 e. The Balaban J connectivity index is 2.21. The number of alkyl carbamates (subject to hydrolysis) is 1. The van der Waals surface area contributed by atoms with Crippen LogP contribution in [0.4, 0.5) is 4.79 Å². The summed E-state index contributed by atoms with van der Waals surface area (Å²) in [6.07, 6.45) is -0.422. The first-order valence-corrected chi connectivity index (χ1v) is 9.34. The molecule has 0 saturated carbocycles. The Kier molecular flexibility index (Phi) is 4.34. The average molecular weight is 246 g/mol. The lowest BCUT2D eigenvalue weighted by Gasteiger charge is -2.41. The van der Waals surface area contributed by atoms with Gasteiger partial charge in [0.15, 0.2) is 0 Å². The first-order chi connectivity index (χ1) is 7.37. The van der Waals surface area contributed by atoms with Crippen LogP contribution in [0.2, 0.25) is 25.7 Å². The van der Waals surface area contributed by atoms with Gasteiger partial charge in [-0.05, 0) is 6.04 Å². The summed E-state index contributed by atoms with van der Waals surface area (Å²) in [5.41, 5.74) is -0.504. The van der Waals surface area contributed by atoms with E-state index in [1.54, 1.807) is 0 Å². The molecule has 1 rings (SSSR count). The molecule has 0 atom stereocenters. The lowest BCUT2D eigenvalue weighted by atomic mass is 9.94. The zero-order valence-electron chi connectivity index (χ0n) is 10.3. The van der Waals surface area contributed by atoms with Gasteiger partial charge in [0.25, 0.3) is 0 Å². The van der Waals surface area contributed by atoms with Crippen molar-refractivity contribution in [3.8, 4) is 0 Å². The van der Waals surface area contributed by atoms with Crippen LogP contribution in [0.25, 0.3) is 0 Å². The van der Waals surface area contributed by atoms with E-state index in [0.717, 1.165) is 6.04 Å². The van der Waals surface area contributed by atoms with E-state index in [1.807, 2.05) is 0 Å². The van der Waals surface area contributed by atoms with Crippen LogP contribution >= 0.6 is 0 Å². The minimum absolute atomic E-state index is 0.0525. The molecule has 0 aromatic heterocycles. The molecule has 1 saturated heterocycles. The molecule has 0 aliphatic carbocycles. The van der Waals surface area contributed by atoms with E-state index in [0.29, 0.717) is 19.7 Å². The quantitative estimate of drug-likeness (QED) is 0.614. The number of aliphatic hydroxyl groups excluding tert-OH is 1. The van der Waals surface area contributed by atoms with Gasteiger partial charge in [-0.1, -0.05) is 19.6 Å². The van der Waals surface area contributed by atoms with Gasteiger partial charge in [0.2, 0.25) is 0 Å². The first kappa shape index (κ1) is 13.5. The molecule has 0 aromatic rings. The second kappa shape index (κ2) is 5.16. The van der Waals surface area contributed by atoms with Gasteiger partial charge in [-0.2, -0.15) is 0 Å². The van der Waals surface area contributed by atoms with Gasteiger partial charge in [0, 0.05) is 21.2 Å². The van der Waals surface area contributed by atoms with Gasteiger partial charge in [-0.25, -0.2) is 4.79 Å². The summed E-state index contributed by atoms with van der Waals surface area (Å²) in [5.74, 6) is 0. The molecule has 1 aliphatic rings. The van der Waals surface area contributed by atoms with Crippen molar-refractivity contribution in [3.63, 3.8) is 0 Å². The number of amides is 1. The molecule has 0 bridgehead atoms. The molecule has 3 N–H and O–H groups in total. The lowest BCUT2D eigenvalue weighted by molar-refractivity contribution is 0.0871. The maximum absolute atomic E-state index is 11.4. The Hall–Kier alpha value is -0.593. The molecule has 0 unspecified atom stereocenters. The van der Waals surface area contributed by atoms with Crippen LogP contribution in [0.5, 0.6) is 0 Å². The summed E-state index contributed by atoms with van der Waals surface area (Å²) < 4.78 is 5.10. The van der Waals surface area contributed by atoms with E-state index in [1.165, 1.54) is 0 Å². The van der Waals surface area contributed by atoms with E-state index in [-0.39, 0.29) is 6.61 Å². The number of hydrogen-bond donors (Lipinski definition) is 3.